The van der Waals surface area contributed by atoms with Crippen molar-refractivity contribution in [1.29, 1.82) is 0 Å². The first-order valence-corrected chi connectivity index (χ1v) is 6.48. The van der Waals surface area contributed by atoms with Crippen LogP contribution < -0.4 is 20.5 Å². The molecule has 0 fully saturated rings. The number of nitrogen functional groups attached to an aromatic ring is 1. The average Bonchev–Trinajstić information content (AvgIpc) is 2.47. The number of ether oxygens (including phenoxy) is 2. The van der Waals surface area contributed by atoms with Crippen LogP contribution in [0.3, 0.4) is 0 Å². The molecule has 5 heteroatoms. The van der Waals surface area contributed by atoms with Crippen molar-refractivity contribution in [1.82, 2.24) is 0 Å². The molecule has 0 saturated heterocycles. The van der Waals surface area contributed by atoms with Crippen LogP contribution in [0.4, 0.5) is 11.4 Å². The highest BCUT2D eigenvalue weighted by molar-refractivity contribution is 5.93. The van der Waals surface area contributed by atoms with Crippen LogP contribution in [0, 0.1) is 0 Å². The minimum absolute atomic E-state index is 0.135. The summed E-state index contributed by atoms with van der Waals surface area (Å²) in [6.45, 7) is 0. The summed E-state index contributed by atoms with van der Waals surface area (Å²) in [5, 5.41) is 2.82. The standard InChI is InChI=1S/C16H18N2O3/c1-20-13-6-7-14(15(10-13)21-2)18-16(19)9-11-4-3-5-12(17)8-11/h3-8,10H,9,17H2,1-2H3,(H,18,19). The van der Waals surface area contributed by atoms with E-state index in [9.17, 15) is 4.79 Å². The minimum Gasteiger partial charge on any atom is -0.497 e. The summed E-state index contributed by atoms with van der Waals surface area (Å²) in [4.78, 5) is 12.1. The van der Waals surface area contributed by atoms with E-state index in [0.29, 0.717) is 22.9 Å². The largest absolute Gasteiger partial charge is 0.497 e. The van der Waals surface area contributed by atoms with Crippen LogP contribution in [0.25, 0.3) is 0 Å². The number of methoxy groups -OCH3 is 2. The third-order valence-corrected chi connectivity index (χ3v) is 3.00. The molecule has 2 aromatic rings. The van der Waals surface area contributed by atoms with Gasteiger partial charge in [0.05, 0.1) is 26.3 Å². The van der Waals surface area contributed by atoms with Crippen LogP contribution in [0.5, 0.6) is 11.5 Å². The number of benzene rings is 2. The number of rotatable bonds is 5. The van der Waals surface area contributed by atoms with Gasteiger partial charge in [-0.1, -0.05) is 12.1 Å². The van der Waals surface area contributed by atoms with E-state index in [1.54, 1.807) is 44.6 Å². The highest BCUT2D eigenvalue weighted by Gasteiger charge is 2.09. The fourth-order valence-electron chi connectivity index (χ4n) is 1.98. The van der Waals surface area contributed by atoms with Crippen molar-refractivity contribution in [3.63, 3.8) is 0 Å². The van der Waals surface area contributed by atoms with Gasteiger partial charge in [0.25, 0.3) is 0 Å². The lowest BCUT2D eigenvalue weighted by molar-refractivity contribution is -0.115. The number of anilines is 2. The lowest BCUT2D eigenvalue weighted by atomic mass is 10.1. The Morgan fingerprint density at radius 2 is 1.95 bits per heavy atom. The Hall–Kier alpha value is -2.69. The van der Waals surface area contributed by atoms with E-state index in [1.807, 2.05) is 12.1 Å². The molecule has 21 heavy (non-hydrogen) atoms. The quantitative estimate of drug-likeness (QED) is 0.828. The molecule has 2 aromatic carbocycles. The van der Waals surface area contributed by atoms with E-state index in [2.05, 4.69) is 5.32 Å². The number of nitrogens with one attached hydrogen (secondary N) is 1. The van der Waals surface area contributed by atoms with Crippen LogP contribution in [-0.4, -0.2) is 20.1 Å². The molecule has 0 aliphatic heterocycles. The first-order valence-electron chi connectivity index (χ1n) is 6.48. The third-order valence-electron chi connectivity index (χ3n) is 3.00. The number of hydrogen-bond donors (Lipinski definition) is 2. The maximum absolute atomic E-state index is 12.1. The van der Waals surface area contributed by atoms with Crippen LogP contribution in [0.15, 0.2) is 42.5 Å². The molecular formula is C16H18N2O3. The zero-order valence-electron chi connectivity index (χ0n) is 12.1. The molecule has 0 aliphatic rings. The van der Waals surface area contributed by atoms with Crippen molar-refractivity contribution in [2.24, 2.45) is 0 Å². The summed E-state index contributed by atoms with van der Waals surface area (Å²) in [5.74, 6) is 1.08. The molecular weight excluding hydrogens is 268 g/mol. The molecule has 0 unspecified atom stereocenters. The van der Waals surface area contributed by atoms with Crippen molar-refractivity contribution >= 4 is 17.3 Å². The lowest BCUT2D eigenvalue weighted by Crippen LogP contribution is -2.15. The molecule has 0 aromatic heterocycles. The van der Waals surface area contributed by atoms with Crippen LogP contribution in [-0.2, 0) is 11.2 Å². The second-order valence-electron chi connectivity index (χ2n) is 4.54. The Morgan fingerprint density at radius 3 is 2.62 bits per heavy atom. The van der Waals surface area contributed by atoms with Crippen molar-refractivity contribution in [2.75, 3.05) is 25.3 Å². The smallest absolute Gasteiger partial charge is 0.228 e. The van der Waals surface area contributed by atoms with Gasteiger partial charge in [-0.25, -0.2) is 0 Å². The molecule has 0 radical (unpaired) electrons. The van der Waals surface area contributed by atoms with Crippen LogP contribution in [0.2, 0.25) is 0 Å². The molecule has 1 amide bonds. The fraction of sp³-hybridized carbons (Fsp3) is 0.188. The van der Waals surface area contributed by atoms with E-state index in [0.717, 1.165) is 5.56 Å². The average molecular weight is 286 g/mol. The second kappa shape index (κ2) is 6.65. The Kier molecular flexibility index (Phi) is 4.66. The summed E-state index contributed by atoms with van der Waals surface area (Å²) in [5.41, 5.74) is 7.80. The molecule has 0 spiro atoms. The van der Waals surface area contributed by atoms with Crippen molar-refractivity contribution in [2.45, 2.75) is 6.42 Å². The summed E-state index contributed by atoms with van der Waals surface area (Å²) in [6.07, 6.45) is 0.250. The molecule has 2 rings (SSSR count). The first kappa shape index (κ1) is 14.7. The van der Waals surface area contributed by atoms with E-state index < -0.39 is 0 Å². The van der Waals surface area contributed by atoms with Crippen LogP contribution >= 0.6 is 0 Å². The molecule has 0 saturated carbocycles. The summed E-state index contributed by atoms with van der Waals surface area (Å²) in [6, 6.07) is 12.5. The van der Waals surface area contributed by atoms with E-state index in [1.165, 1.54) is 0 Å². The zero-order valence-corrected chi connectivity index (χ0v) is 12.1. The van der Waals surface area contributed by atoms with Gasteiger partial charge in [0.1, 0.15) is 11.5 Å². The number of hydrogen-bond acceptors (Lipinski definition) is 4. The molecule has 0 aliphatic carbocycles. The topological polar surface area (TPSA) is 73.6 Å². The molecule has 5 nitrogen and oxygen atoms in total. The van der Waals surface area contributed by atoms with Crippen LogP contribution in [0.1, 0.15) is 5.56 Å². The van der Waals surface area contributed by atoms with Gasteiger partial charge in [0.15, 0.2) is 0 Å². The first-order chi connectivity index (χ1) is 10.1. The van der Waals surface area contributed by atoms with Gasteiger partial charge in [-0.05, 0) is 29.8 Å². The molecule has 0 bridgehead atoms. The summed E-state index contributed by atoms with van der Waals surface area (Å²) in [7, 11) is 3.12. The maximum atomic E-state index is 12.1. The maximum Gasteiger partial charge on any atom is 0.228 e. The summed E-state index contributed by atoms with van der Waals surface area (Å²) < 4.78 is 10.4. The Balaban J connectivity index is 2.09. The normalized spacial score (nSPS) is 10.0. The zero-order chi connectivity index (χ0) is 15.2. The van der Waals surface area contributed by atoms with Crippen molar-refractivity contribution in [3.8, 4) is 11.5 Å². The highest BCUT2D eigenvalue weighted by Crippen LogP contribution is 2.29. The van der Waals surface area contributed by atoms with Gasteiger partial charge in [0.2, 0.25) is 5.91 Å². The predicted molar refractivity (Wildman–Crippen MR) is 82.7 cm³/mol. The minimum atomic E-state index is -0.135. The predicted octanol–water partition coefficient (Wildman–Crippen LogP) is 2.47. The molecule has 0 heterocycles. The van der Waals surface area contributed by atoms with Gasteiger partial charge < -0.3 is 20.5 Å². The SMILES string of the molecule is COc1ccc(NC(=O)Cc2cccc(N)c2)c(OC)c1. The van der Waals surface area contributed by atoms with Gasteiger partial charge in [-0.2, -0.15) is 0 Å². The van der Waals surface area contributed by atoms with Crippen molar-refractivity contribution in [3.05, 3.63) is 48.0 Å². The van der Waals surface area contributed by atoms with E-state index in [-0.39, 0.29) is 12.3 Å². The van der Waals surface area contributed by atoms with E-state index in [4.69, 9.17) is 15.2 Å². The Morgan fingerprint density at radius 1 is 1.14 bits per heavy atom. The molecule has 110 valence electrons. The third kappa shape index (κ3) is 3.89. The number of nitrogens with two attached hydrogens (primary N) is 1. The molecule has 0 atom stereocenters. The van der Waals surface area contributed by atoms with Gasteiger partial charge >= 0.3 is 0 Å². The van der Waals surface area contributed by atoms with Gasteiger partial charge in [0, 0.05) is 11.8 Å². The highest BCUT2D eigenvalue weighted by atomic mass is 16.5. The second-order valence-corrected chi connectivity index (χ2v) is 4.54. The molecule has 3 N–H and O–H groups in total. The number of amides is 1. The lowest BCUT2D eigenvalue weighted by Gasteiger charge is -2.11. The Labute approximate surface area is 123 Å². The van der Waals surface area contributed by atoms with E-state index >= 15 is 0 Å². The van der Waals surface area contributed by atoms with Gasteiger partial charge in [-0.3, -0.25) is 4.79 Å². The monoisotopic (exact) mass is 286 g/mol. The number of carbonyl (C=O) groups is 1. The fourth-order valence-corrected chi connectivity index (χ4v) is 1.98. The number of carbonyl (C=O) groups excluding carboxylic acids is 1. The van der Waals surface area contributed by atoms with Gasteiger partial charge in [-0.15, -0.1) is 0 Å². The van der Waals surface area contributed by atoms with Crippen molar-refractivity contribution < 1.29 is 14.3 Å². The summed E-state index contributed by atoms with van der Waals surface area (Å²) >= 11 is 0. The Bertz CT molecular complexity index is 641.